The molecule has 0 bridgehead atoms. The molecule has 2 aromatic carbocycles. The van der Waals surface area contributed by atoms with Crippen LogP contribution < -0.4 is 15.2 Å². The van der Waals surface area contributed by atoms with Gasteiger partial charge in [0.15, 0.2) is 5.75 Å². The summed E-state index contributed by atoms with van der Waals surface area (Å²) in [5, 5.41) is 0.753. The van der Waals surface area contributed by atoms with Gasteiger partial charge in [-0.15, -0.1) is 0 Å². The average Bonchev–Trinajstić information content (AvgIpc) is 2.80. The smallest absolute Gasteiger partial charge is 0.313 e. The molecule has 0 aliphatic heterocycles. The molecular formula is C26H27ClN2O6. The van der Waals surface area contributed by atoms with Crippen LogP contribution in [0.2, 0.25) is 5.02 Å². The van der Waals surface area contributed by atoms with Gasteiger partial charge in [-0.1, -0.05) is 45.4 Å². The maximum atomic E-state index is 13.9. The molecule has 0 radical (unpaired) electrons. The molecule has 0 atom stereocenters. The average molecular weight is 499 g/mol. The SMILES string of the molecule is COCc1ccc2[nH]c(=O)c(C(=O)N(C(=O)C(C)C)c3ccc(Cl)cc3)c(OC(=O)C(C)C)c2c1. The number of carbonyl (C=O) groups is 3. The van der Waals surface area contributed by atoms with Crippen LogP contribution >= 0.6 is 11.6 Å². The maximum absolute atomic E-state index is 13.9. The van der Waals surface area contributed by atoms with E-state index < -0.39 is 40.7 Å². The Labute approximate surface area is 207 Å². The van der Waals surface area contributed by atoms with E-state index in [1.165, 1.54) is 31.4 Å². The lowest BCUT2D eigenvalue weighted by atomic mass is 10.0. The van der Waals surface area contributed by atoms with Gasteiger partial charge in [0, 0.05) is 23.4 Å². The number of hydrogen-bond donors (Lipinski definition) is 1. The second-order valence-electron chi connectivity index (χ2n) is 8.66. The highest BCUT2D eigenvalue weighted by Crippen LogP contribution is 2.31. The van der Waals surface area contributed by atoms with Gasteiger partial charge < -0.3 is 14.5 Å². The first-order chi connectivity index (χ1) is 16.5. The lowest BCUT2D eigenvalue weighted by Crippen LogP contribution is -2.42. The van der Waals surface area contributed by atoms with Crippen molar-refractivity contribution in [3.63, 3.8) is 0 Å². The Bertz CT molecular complexity index is 1330. The molecular weight excluding hydrogens is 472 g/mol. The summed E-state index contributed by atoms with van der Waals surface area (Å²) in [4.78, 5) is 56.4. The lowest BCUT2D eigenvalue weighted by Gasteiger charge is -2.24. The number of anilines is 1. The largest absolute Gasteiger partial charge is 0.425 e. The first-order valence-electron chi connectivity index (χ1n) is 11.1. The van der Waals surface area contributed by atoms with Crippen LogP contribution in [0, 0.1) is 11.8 Å². The number of halogens is 1. The van der Waals surface area contributed by atoms with Crippen molar-refractivity contribution in [3.05, 3.63) is 69.0 Å². The number of hydrogen-bond acceptors (Lipinski definition) is 6. The number of benzene rings is 2. The third kappa shape index (κ3) is 5.61. The van der Waals surface area contributed by atoms with E-state index in [0.717, 1.165) is 10.5 Å². The number of aromatic nitrogens is 1. The normalized spacial score (nSPS) is 11.2. The monoisotopic (exact) mass is 498 g/mol. The maximum Gasteiger partial charge on any atom is 0.313 e. The highest BCUT2D eigenvalue weighted by Gasteiger charge is 2.33. The first kappa shape index (κ1) is 26.1. The number of fused-ring (bicyclic) bond motifs is 1. The number of ether oxygens (including phenoxy) is 2. The van der Waals surface area contributed by atoms with E-state index in [4.69, 9.17) is 21.1 Å². The zero-order valence-corrected chi connectivity index (χ0v) is 20.9. The Morgan fingerprint density at radius 1 is 1.00 bits per heavy atom. The van der Waals surface area contributed by atoms with E-state index >= 15 is 0 Å². The minimum absolute atomic E-state index is 0.207. The Hall–Kier alpha value is -3.49. The Kier molecular flexibility index (Phi) is 8.09. The van der Waals surface area contributed by atoms with Crippen LogP contribution in [0.25, 0.3) is 10.9 Å². The Morgan fingerprint density at radius 2 is 1.66 bits per heavy atom. The number of amides is 2. The predicted octanol–water partition coefficient (Wildman–Crippen LogP) is 4.72. The quantitative estimate of drug-likeness (QED) is 0.472. The van der Waals surface area contributed by atoms with Gasteiger partial charge in [0.2, 0.25) is 5.91 Å². The summed E-state index contributed by atoms with van der Waals surface area (Å²) in [6, 6.07) is 11.1. The predicted molar refractivity (Wildman–Crippen MR) is 134 cm³/mol. The van der Waals surface area contributed by atoms with Crippen LogP contribution in [0.4, 0.5) is 5.69 Å². The highest BCUT2D eigenvalue weighted by atomic mass is 35.5. The number of aromatic amines is 1. The van der Waals surface area contributed by atoms with Gasteiger partial charge >= 0.3 is 5.97 Å². The van der Waals surface area contributed by atoms with Crippen LogP contribution in [0.15, 0.2) is 47.3 Å². The van der Waals surface area contributed by atoms with Gasteiger partial charge in [0.25, 0.3) is 11.5 Å². The zero-order chi connectivity index (χ0) is 25.9. The fourth-order valence-electron chi connectivity index (χ4n) is 3.39. The van der Waals surface area contributed by atoms with Crippen LogP contribution in [0.1, 0.15) is 43.6 Å². The van der Waals surface area contributed by atoms with Crippen LogP contribution in [0.5, 0.6) is 5.75 Å². The molecule has 9 heteroatoms. The van der Waals surface area contributed by atoms with Crippen molar-refractivity contribution in [2.45, 2.75) is 34.3 Å². The standard InChI is InChI=1S/C26H27ClN2O6/c1-14(2)24(31)29(18-9-7-17(27)8-10-18)25(32)21-22(35-26(33)15(3)4)19-12-16(13-34-5)6-11-20(19)28-23(21)30/h6-12,14-15H,13H2,1-5H3,(H,28,30). The lowest BCUT2D eigenvalue weighted by molar-refractivity contribution is -0.137. The molecule has 1 heterocycles. The van der Waals surface area contributed by atoms with Crippen LogP contribution in [-0.2, 0) is 20.9 Å². The molecule has 8 nitrogen and oxygen atoms in total. The molecule has 35 heavy (non-hydrogen) atoms. The number of H-pyrrole nitrogens is 1. The molecule has 0 unspecified atom stereocenters. The summed E-state index contributed by atoms with van der Waals surface area (Å²) in [6.07, 6.45) is 0. The Morgan fingerprint density at radius 3 is 2.23 bits per heavy atom. The van der Waals surface area contributed by atoms with E-state index in [0.29, 0.717) is 15.9 Å². The molecule has 0 saturated carbocycles. The van der Waals surface area contributed by atoms with Crippen molar-refractivity contribution in [2.24, 2.45) is 11.8 Å². The summed E-state index contributed by atoms with van der Waals surface area (Å²) in [5.41, 5.74) is 0.0900. The van der Waals surface area contributed by atoms with Gasteiger partial charge in [-0.2, -0.15) is 0 Å². The third-order valence-corrected chi connectivity index (χ3v) is 5.48. The summed E-state index contributed by atoms with van der Waals surface area (Å²) in [7, 11) is 1.53. The highest BCUT2D eigenvalue weighted by molar-refractivity contribution is 6.31. The number of methoxy groups -OCH3 is 1. The number of carbonyl (C=O) groups excluding carboxylic acids is 3. The molecule has 1 N–H and O–H groups in total. The van der Waals surface area contributed by atoms with E-state index in [-0.39, 0.29) is 18.0 Å². The van der Waals surface area contributed by atoms with Gasteiger partial charge in [-0.3, -0.25) is 19.2 Å². The van der Waals surface area contributed by atoms with Gasteiger partial charge in [-0.05, 0) is 42.0 Å². The van der Waals surface area contributed by atoms with Gasteiger partial charge in [-0.25, -0.2) is 4.90 Å². The summed E-state index contributed by atoms with van der Waals surface area (Å²) in [6.45, 7) is 6.81. The number of esters is 1. The van der Waals surface area contributed by atoms with E-state index in [2.05, 4.69) is 4.98 Å². The molecule has 2 amide bonds. The molecule has 0 fully saturated rings. The molecule has 0 aliphatic rings. The van der Waals surface area contributed by atoms with Crippen molar-refractivity contribution in [3.8, 4) is 5.75 Å². The first-order valence-corrected chi connectivity index (χ1v) is 11.5. The number of imide groups is 1. The summed E-state index contributed by atoms with van der Waals surface area (Å²) >= 11 is 5.99. The summed E-state index contributed by atoms with van der Waals surface area (Å²) < 4.78 is 10.8. The number of rotatable bonds is 7. The van der Waals surface area contributed by atoms with E-state index in [1.807, 2.05) is 0 Å². The van der Waals surface area contributed by atoms with Crippen molar-refractivity contribution < 1.29 is 23.9 Å². The third-order valence-electron chi connectivity index (χ3n) is 5.23. The van der Waals surface area contributed by atoms with E-state index in [1.54, 1.807) is 45.9 Å². The summed E-state index contributed by atoms with van der Waals surface area (Å²) in [5.74, 6) is -3.38. The fourth-order valence-corrected chi connectivity index (χ4v) is 3.52. The molecule has 0 spiro atoms. The molecule has 184 valence electrons. The zero-order valence-electron chi connectivity index (χ0n) is 20.2. The molecule has 3 rings (SSSR count). The molecule has 0 saturated heterocycles. The van der Waals surface area contributed by atoms with Gasteiger partial charge in [0.1, 0.15) is 5.56 Å². The van der Waals surface area contributed by atoms with Crippen molar-refractivity contribution >= 4 is 46.0 Å². The van der Waals surface area contributed by atoms with Crippen LogP contribution in [-0.4, -0.2) is 29.9 Å². The van der Waals surface area contributed by atoms with Crippen molar-refractivity contribution in [2.75, 3.05) is 12.0 Å². The topological polar surface area (TPSA) is 106 Å². The molecule has 0 aliphatic carbocycles. The second-order valence-corrected chi connectivity index (χ2v) is 9.09. The van der Waals surface area contributed by atoms with E-state index in [9.17, 15) is 19.2 Å². The van der Waals surface area contributed by atoms with Gasteiger partial charge in [0.05, 0.1) is 23.7 Å². The minimum atomic E-state index is -0.919. The molecule has 1 aromatic heterocycles. The Balaban J connectivity index is 2.31. The van der Waals surface area contributed by atoms with Crippen LogP contribution in [0.3, 0.4) is 0 Å². The fraction of sp³-hybridized carbons (Fsp3) is 0.308. The molecule has 3 aromatic rings. The van der Waals surface area contributed by atoms with Crippen molar-refractivity contribution in [1.82, 2.24) is 4.98 Å². The van der Waals surface area contributed by atoms with Crippen molar-refractivity contribution in [1.29, 1.82) is 0 Å². The second kappa shape index (κ2) is 10.8. The number of nitrogens with one attached hydrogen (secondary N) is 1. The number of nitrogens with zero attached hydrogens (tertiary/aromatic N) is 1. The number of pyridine rings is 1. The minimum Gasteiger partial charge on any atom is -0.425 e.